The first-order chi connectivity index (χ1) is 9.61. The molecular weight excluding hydrogens is 274 g/mol. The van der Waals surface area contributed by atoms with E-state index in [4.69, 9.17) is 16.3 Å². The Hall–Kier alpha value is -1.81. The van der Waals surface area contributed by atoms with Gasteiger partial charge >= 0.3 is 0 Å². The zero-order valence-electron chi connectivity index (χ0n) is 11.9. The summed E-state index contributed by atoms with van der Waals surface area (Å²) in [6.45, 7) is 2.13. The number of hydrogen-bond donors (Lipinski definition) is 0. The highest BCUT2D eigenvalue weighted by Crippen LogP contribution is 2.22. The Morgan fingerprint density at radius 2 is 2.05 bits per heavy atom. The van der Waals surface area contributed by atoms with Gasteiger partial charge in [-0.3, -0.25) is 4.98 Å². The summed E-state index contributed by atoms with van der Waals surface area (Å²) in [6, 6.07) is 8.29. The number of ether oxygens (including phenoxy) is 1. The predicted molar refractivity (Wildman–Crippen MR) is 81.6 cm³/mol. The third-order valence-corrected chi connectivity index (χ3v) is 3.50. The zero-order chi connectivity index (χ0) is 14.5. The molecule has 0 saturated heterocycles. The fourth-order valence-electron chi connectivity index (χ4n) is 2.06. The van der Waals surface area contributed by atoms with Gasteiger partial charge in [0.1, 0.15) is 16.7 Å². The van der Waals surface area contributed by atoms with E-state index in [9.17, 15) is 0 Å². The number of methoxy groups -OCH3 is 1. The Morgan fingerprint density at radius 1 is 1.30 bits per heavy atom. The predicted octanol–water partition coefficient (Wildman–Crippen LogP) is 3.21. The van der Waals surface area contributed by atoms with E-state index in [-0.39, 0.29) is 6.04 Å². The van der Waals surface area contributed by atoms with Gasteiger partial charge in [-0.2, -0.15) is 0 Å². The van der Waals surface area contributed by atoms with Gasteiger partial charge < -0.3 is 9.64 Å². The van der Waals surface area contributed by atoms with Gasteiger partial charge in [-0.15, -0.1) is 0 Å². The molecule has 0 radical (unpaired) electrons. The molecule has 0 N–H and O–H groups in total. The summed E-state index contributed by atoms with van der Waals surface area (Å²) >= 11 is 5.88. The number of hydrogen-bond acceptors (Lipinski definition) is 4. The second kappa shape index (κ2) is 6.57. The Kier molecular flexibility index (Phi) is 4.79. The highest BCUT2D eigenvalue weighted by molar-refractivity contribution is 6.29. The van der Waals surface area contributed by atoms with Crippen molar-refractivity contribution in [2.75, 3.05) is 19.1 Å². The van der Waals surface area contributed by atoms with E-state index in [0.29, 0.717) is 5.15 Å². The first-order valence-corrected chi connectivity index (χ1v) is 6.82. The van der Waals surface area contributed by atoms with Crippen LogP contribution < -0.4 is 9.64 Å². The molecule has 1 aromatic carbocycles. The number of rotatable bonds is 5. The van der Waals surface area contributed by atoms with E-state index >= 15 is 0 Å². The molecule has 2 aromatic rings. The van der Waals surface area contributed by atoms with E-state index in [1.165, 1.54) is 11.8 Å². The summed E-state index contributed by atoms with van der Waals surface area (Å²) < 4.78 is 5.38. The van der Waals surface area contributed by atoms with Crippen molar-refractivity contribution in [3.63, 3.8) is 0 Å². The number of nitrogens with zero attached hydrogens (tertiary/aromatic N) is 3. The maximum absolute atomic E-state index is 5.88. The number of aromatic nitrogens is 2. The van der Waals surface area contributed by atoms with E-state index in [1.54, 1.807) is 13.3 Å². The van der Waals surface area contributed by atoms with Crippen molar-refractivity contribution < 1.29 is 4.74 Å². The molecule has 0 amide bonds. The fourth-order valence-corrected chi connectivity index (χ4v) is 2.20. The second-order valence-electron chi connectivity index (χ2n) is 4.68. The molecule has 0 fully saturated rings. The number of halogens is 1. The van der Waals surface area contributed by atoms with Crippen LogP contribution in [0, 0.1) is 0 Å². The topological polar surface area (TPSA) is 38.2 Å². The number of para-hydroxylation sites is 1. The van der Waals surface area contributed by atoms with Crippen LogP contribution >= 0.6 is 11.6 Å². The molecule has 0 aliphatic heterocycles. The number of anilines is 1. The standard InChI is InChI=1S/C15H18ClN3O/c1-11(8-12-6-4-5-7-13(12)20-3)19(2)15-10-17-9-14(16)18-15/h4-7,9-11H,8H2,1-3H3. The summed E-state index contributed by atoms with van der Waals surface area (Å²) in [4.78, 5) is 10.4. The molecular formula is C15H18ClN3O. The molecule has 1 atom stereocenters. The summed E-state index contributed by atoms with van der Waals surface area (Å²) in [5.41, 5.74) is 1.17. The molecule has 1 aromatic heterocycles. The molecule has 2 rings (SSSR count). The quantitative estimate of drug-likeness (QED) is 0.848. The largest absolute Gasteiger partial charge is 0.496 e. The molecule has 4 nitrogen and oxygen atoms in total. The van der Waals surface area contributed by atoms with Crippen molar-refractivity contribution in [2.24, 2.45) is 0 Å². The van der Waals surface area contributed by atoms with E-state index in [2.05, 4.69) is 27.9 Å². The average Bonchev–Trinajstić information content (AvgIpc) is 2.47. The smallest absolute Gasteiger partial charge is 0.149 e. The monoisotopic (exact) mass is 291 g/mol. The van der Waals surface area contributed by atoms with Gasteiger partial charge in [0.25, 0.3) is 0 Å². The van der Waals surface area contributed by atoms with Gasteiger partial charge in [0.2, 0.25) is 0 Å². The van der Waals surface area contributed by atoms with Crippen molar-refractivity contribution >= 4 is 17.4 Å². The maximum Gasteiger partial charge on any atom is 0.149 e. The molecule has 1 heterocycles. The Balaban J connectivity index is 2.13. The van der Waals surface area contributed by atoms with Gasteiger partial charge in [-0.1, -0.05) is 29.8 Å². The minimum absolute atomic E-state index is 0.249. The number of benzene rings is 1. The van der Waals surface area contributed by atoms with Crippen LogP contribution in [0.25, 0.3) is 0 Å². The van der Waals surface area contributed by atoms with Crippen LogP contribution in [0.5, 0.6) is 5.75 Å². The number of likely N-dealkylation sites (N-methyl/N-ethyl adjacent to an activating group) is 1. The van der Waals surface area contributed by atoms with Gasteiger partial charge in [0.05, 0.1) is 19.5 Å². The molecule has 0 spiro atoms. The lowest BCUT2D eigenvalue weighted by molar-refractivity contribution is 0.408. The molecule has 0 aliphatic rings. The molecule has 20 heavy (non-hydrogen) atoms. The van der Waals surface area contributed by atoms with Crippen molar-refractivity contribution in [2.45, 2.75) is 19.4 Å². The highest BCUT2D eigenvalue weighted by atomic mass is 35.5. The molecule has 5 heteroatoms. The van der Waals surface area contributed by atoms with Gasteiger partial charge in [-0.25, -0.2) is 4.98 Å². The van der Waals surface area contributed by atoms with Crippen LogP contribution in [0.4, 0.5) is 5.82 Å². The fraction of sp³-hybridized carbons (Fsp3) is 0.333. The van der Waals surface area contributed by atoms with E-state index < -0.39 is 0 Å². The van der Waals surface area contributed by atoms with Crippen molar-refractivity contribution in [1.29, 1.82) is 0 Å². The van der Waals surface area contributed by atoms with Crippen LogP contribution in [-0.4, -0.2) is 30.2 Å². The van der Waals surface area contributed by atoms with Crippen molar-refractivity contribution in [1.82, 2.24) is 9.97 Å². The zero-order valence-corrected chi connectivity index (χ0v) is 12.6. The molecule has 0 bridgehead atoms. The molecule has 0 saturated carbocycles. The Labute approximate surface area is 124 Å². The van der Waals surface area contributed by atoms with Gasteiger partial charge in [0.15, 0.2) is 0 Å². The van der Waals surface area contributed by atoms with Gasteiger partial charge in [0, 0.05) is 13.1 Å². The second-order valence-corrected chi connectivity index (χ2v) is 5.06. The minimum atomic E-state index is 0.249. The maximum atomic E-state index is 5.88. The van der Waals surface area contributed by atoms with E-state index in [1.807, 2.05) is 25.2 Å². The average molecular weight is 292 g/mol. The van der Waals surface area contributed by atoms with Crippen LogP contribution in [0.3, 0.4) is 0 Å². The van der Waals surface area contributed by atoms with Crippen LogP contribution in [0.2, 0.25) is 5.15 Å². The minimum Gasteiger partial charge on any atom is -0.496 e. The first-order valence-electron chi connectivity index (χ1n) is 6.44. The van der Waals surface area contributed by atoms with Crippen molar-refractivity contribution in [3.8, 4) is 5.75 Å². The lowest BCUT2D eigenvalue weighted by Gasteiger charge is -2.26. The normalized spacial score (nSPS) is 12.0. The SMILES string of the molecule is COc1ccccc1CC(C)N(C)c1cncc(Cl)n1. The van der Waals surface area contributed by atoms with E-state index in [0.717, 1.165) is 18.0 Å². The third-order valence-electron chi connectivity index (χ3n) is 3.32. The van der Waals surface area contributed by atoms with Crippen LogP contribution in [-0.2, 0) is 6.42 Å². The molecule has 1 unspecified atom stereocenters. The molecule has 0 aliphatic carbocycles. The first kappa shape index (κ1) is 14.6. The Morgan fingerprint density at radius 3 is 2.75 bits per heavy atom. The molecule has 106 valence electrons. The highest BCUT2D eigenvalue weighted by Gasteiger charge is 2.14. The lowest BCUT2D eigenvalue weighted by atomic mass is 10.1. The third kappa shape index (κ3) is 3.39. The summed E-state index contributed by atoms with van der Waals surface area (Å²) in [7, 11) is 3.68. The van der Waals surface area contributed by atoms with Crippen molar-refractivity contribution in [3.05, 3.63) is 47.4 Å². The van der Waals surface area contributed by atoms with Gasteiger partial charge in [-0.05, 0) is 25.0 Å². The Bertz CT molecular complexity index is 577. The lowest BCUT2D eigenvalue weighted by Crippen LogP contribution is -2.31. The van der Waals surface area contributed by atoms with Crippen LogP contribution in [0.1, 0.15) is 12.5 Å². The summed E-state index contributed by atoms with van der Waals surface area (Å²) in [5, 5.41) is 0.402. The van der Waals surface area contributed by atoms with Crippen LogP contribution in [0.15, 0.2) is 36.7 Å². The summed E-state index contributed by atoms with van der Waals surface area (Å²) in [5.74, 6) is 1.67. The summed E-state index contributed by atoms with van der Waals surface area (Å²) in [6.07, 6.45) is 4.10.